The monoisotopic (exact) mass is 860 g/mol. The van der Waals surface area contributed by atoms with E-state index in [4.69, 9.17) is 4.42 Å². The van der Waals surface area contributed by atoms with Crippen LogP contribution in [-0.4, -0.2) is 104 Å². The summed E-state index contributed by atoms with van der Waals surface area (Å²) in [5.41, 5.74) is -0.368. The lowest BCUT2D eigenvalue weighted by molar-refractivity contribution is -0.150. The van der Waals surface area contributed by atoms with Crippen LogP contribution in [0.3, 0.4) is 0 Å². The molecule has 1 aromatic carbocycles. The molecule has 0 unspecified atom stereocenters. The van der Waals surface area contributed by atoms with Crippen LogP contribution in [0.1, 0.15) is 91.5 Å². The highest BCUT2D eigenvalue weighted by Crippen LogP contribution is 2.37. The SMILES string of the molecule is O=C1CC[C@H](c2c(F)cc(N3CC(C(=O)N4CCN(C5CCC(n6cc(NC(=O)c7coc(-c8ccnc(NCC9CC9)c8)n7)c(C(F)F)n6)CC5)C(=O)C4)C3)cc2F)C(=O)N1. The molecule has 3 N–H and O–H groups in total. The Balaban J connectivity index is 0.753. The van der Waals surface area contributed by atoms with Crippen molar-refractivity contribution in [2.45, 2.75) is 75.8 Å². The second-order valence-electron chi connectivity index (χ2n) is 16.7. The Hall–Kier alpha value is -6.34. The molecule has 5 amide bonds. The third-order valence-electron chi connectivity index (χ3n) is 12.5. The number of pyridine rings is 1. The summed E-state index contributed by atoms with van der Waals surface area (Å²) < 4.78 is 65.5. The highest BCUT2D eigenvalue weighted by atomic mass is 19.3. The molecule has 3 aliphatic heterocycles. The third kappa shape index (κ3) is 8.46. The Morgan fingerprint density at radius 2 is 1.69 bits per heavy atom. The van der Waals surface area contributed by atoms with Crippen molar-refractivity contribution < 1.29 is 46.0 Å². The largest absolute Gasteiger partial charge is 0.444 e. The molecule has 1 atom stereocenters. The Morgan fingerprint density at radius 1 is 0.952 bits per heavy atom. The highest BCUT2D eigenvalue weighted by molar-refractivity contribution is 6.03. The average molecular weight is 861 g/mol. The van der Waals surface area contributed by atoms with E-state index in [2.05, 4.69) is 31.0 Å². The number of alkyl halides is 2. The predicted octanol–water partition coefficient (Wildman–Crippen LogP) is 5.03. The van der Waals surface area contributed by atoms with E-state index >= 15 is 8.78 Å². The van der Waals surface area contributed by atoms with Crippen LogP contribution >= 0.6 is 0 Å². The van der Waals surface area contributed by atoms with E-state index in [1.807, 2.05) is 0 Å². The number of oxazole rings is 1. The number of amides is 5. The van der Waals surface area contributed by atoms with Crippen molar-refractivity contribution in [2.75, 3.05) is 54.8 Å². The van der Waals surface area contributed by atoms with Gasteiger partial charge in [-0.3, -0.25) is 34.0 Å². The number of benzene rings is 1. The van der Waals surface area contributed by atoms with Crippen LogP contribution in [0.2, 0.25) is 0 Å². The van der Waals surface area contributed by atoms with Crippen molar-refractivity contribution in [2.24, 2.45) is 11.8 Å². The molecule has 5 aliphatic rings. The Labute approximate surface area is 352 Å². The quantitative estimate of drug-likeness (QED) is 0.128. The van der Waals surface area contributed by atoms with Gasteiger partial charge in [0.2, 0.25) is 29.5 Å². The van der Waals surface area contributed by atoms with Crippen LogP contribution in [0.5, 0.6) is 0 Å². The van der Waals surface area contributed by atoms with E-state index in [-0.39, 0.29) is 84.9 Å². The molecule has 3 aromatic heterocycles. The smallest absolute Gasteiger partial charge is 0.284 e. The molecule has 5 fully saturated rings. The van der Waals surface area contributed by atoms with E-state index in [9.17, 15) is 32.8 Å². The molecular weight excluding hydrogens is 817 g/mol. The van der Waals surface area contributed by atoms with Crippen molar-refractivity contribution in [3.05, 3.63) is 71.5 Å². The van der Waals surface area contributed by atoms with Gasteiger partial charge in [-0.1, -0.05) is 0 Å². The number of nitrogens with zero attached hydrogens (tertiary/aromatic N) is 7. The number of nitrogens with one attached hydrogen (secondary N) is 3. The van der Waals surface area contributed by atoms with Gasteiger partial charge in [0.15, 0.2) is 11.4 Å². The summed E-state index contributed by atoms with van der Waals surface area (Å²) in [6, 6.07) is 5.35. The number of piperidine rings is 1. The molecule has 326 valence electrons. The normalized spacial score (nSPS) is 22.2. The summed E-state index contributed by atoms with van der Waals surface area (Å²) in [5.74, 6) is -4.30. The lowest BCUT2D eigenvalue weighted by atomic mass is 9.89. The summed E-state index contributed by atoms with van der Waals surface area (Å²) in [6.07, 6.45) is 5.80. The fraction of sp³-hybridized carbons (Fsp3) is 0.476. The zero-order valence-corrected chi connectivity index (χ0v) is 33.5. The van der Waals surface area contributed by atoms with Crippen molar-refractivity contribution in [3.8, 4) is 11.5 Å². The average Bonchev–Trinajstić information content (AvgIpc) is 3.75. The van der Waals surface area contributed by atoms with E-state index in [0.717, 1.165) is 24.9 Å². The standard InChI is InChI=1S/C42H44F4N10O6/c43-29-14-27(15-30(44)36(29)28-7-8-34(57)51-39(28)59)54-17-24(18-54)42(61)53-11-12-55(35(58)20-53)25-3-5-26(6-4-25)56-19-31(37(52-56)38(45)46)49-40(60)32-21-62-41(50-32)23-9-10-47-33(13-23)48-16-22-1-2-22/h9-10,13-15,19,21-22,24-26,28,38H,1-8,11-12,16-18,20H2,(H,47,48)(H,49,60)(H,51,57,59)/t25?,26?,28-/m1/s1. The minimum absolute atomic E-state index is 0.00600. The zero-order chi connectivity index (χ0) is 43.2. The summed E-state index contributed by atoms with van der Waals surface area (Å²) in [6.45, 7) is 1.76. The van der Waals surface area contributed by atoms with Gasteiger partial charge in [-0.15, -0.1) is 0 Å². The Morgan fingerprint density at radius 3 is 2.39 bits per heavy atom. The predicted molar refractivity (Wildman–Crippen MR) is 213 cm³/mol. The number of rotatable bonds is 12. The van der Waals surface area contributed by atoms with Gasteiger partial charge < -0.3 is 29.8 Å². The van der Waals surface area contributed by atoms with Crippen molar-refractivity contribution in [1.82, 2.24) is 34.9 Å². The van der Waals surface area contributed by atoms with Gasteiger partial charge in [0.05, 0.1) is 30.1 Å². The van der Waals surface area contributed by atoms with Gasteiger partial charge in [-0.25, -0.2) is 27.5 Å². The van der Waals surface area contributed by atoms with Crippen molar-refractivity contribution in [1.29, 1.82) is 0 Å². The van der Waals surface area contributed by atoms with Crippen LogP contribution in [0.15, 0.2) is 47.3 Å². The topological polar surface area (TPSA) is 188 Å². The van der Waals surface area contributed by atoms with Crippen LogP contribution in [-0.2, 0) is 19.2 Å². The number of aromatic nitrogens is 4. The fourth-order valence-electron chi connectivity index (χ4n) is 8.83. The second-order valence-corrected chi connectivity index (χ2v) is 16.7. The number of hydrogen-bond acceptors (Lipinski definition) is 11. The van der Waals surface area contributed by atoms with Crippen molar-refractivity contribution in [3.63, 3.8) is 0 Å². The van der Waals surface area contributed by atoms with E-state index < -0.39 is 53.3 Å². The van der Waals surface area contributed by atoms with Crippen molar-refractivity contribution >= 4 is 46.7 Å². The molecule has 0 spiro atoms. The maximum atomic E-state index is 15.1. The maximum absolute atomic E-state index is 15.1. The number of hydrogen-bond donors (Lipinski definition) is 3. The van der Waals surface area contributed by atoms with Gasteiger partial charge in [-0.05, 0) is 75.1 Å². The molecular formula is C42H44F4N10O6. The molecule has 0 bridgehead atoms. The van der Waals surface area contributed by atoms with Gasteiger partial charge >= 0.3 is 0 Å². The zero-order valence-electron chi connectivity index (χ0n) is 33.5. The Bertz CT molecular complexity index is 2380. The molecule has 2 aliphatic carbocycles. The number of piperazine rings is 1. The van der Waals surface area contributed by atoms with Gasteiger partial charge in [-0.2, -0.15) is 5.10 Å². The third-order valence-corrected chi connectivity index (χ3v) is 12.5. The number of carbonyl (C=O) groups is 5. The van der Waals surface area contributed by atoms with Crippen LogP contribution in [0.25, 0.3) is 11.5 Å². The second kappa shape index (κ2) is 16.8. The van der Waals surface area contributed by atoms with Crippen LogP contribution in [0, 0.1) is 23.5 Å². The molecule has 4 aromatic rings. The molecule has 16 nitrogen and oxygen atoms in total. The first kappa shape index (κ1) is 41.0. The number of imide groups is 1. The maximum Gasteiger partial charge on any atom is 0.284 e. The molecule has 3 saturated heterocycles. The lowest BCUT2D eigenvalue weighted by Crippen LogP contribution is -2.60. The minimum atomic E-state index is -2.96. The summed E-state index contributed by atoms with van der Waals surface area (Å²) in [4.78, 5) is 77.2. The first-order valence-corrected chi connectivity index (χ1v) is 20.9. The molecule has 9 rings (SSSR count). The summed E-state index contributed by atoms with van der Waals surface area (Å²) in [7, 11) is 0. The number of anilines is 3. The van der Waals surface area contributed by atoms with Gasteiger partial charge in [0, 0.05) is 74.4 Å². The van der Waals surface area contributed by atoms with E-state index in [1.165, 1.54) is 28.6 Å². The molecule has 62 heavy (non-hydrogen) atoms. The summed E-state index contributed by atoms with van der Waals surface area (Å²) >= 11 is 0. The van der Waals surface area contributed by atoms with E-state index in [0.29, 0.717) is 56.1 Å². The molecule has 20 heteroatoms. The molecule has 0 radical (unpaired) electrons. The van der Waals surface area contributed by atoms with Gasteiger partial charge in [0.1, 0.15) is 23.7 Å². The first-order chi connectivity index (χ1) is 29.9. The highest BCUT2D eigenvalue weighted by Gasteiger charge is 2.41. The number of halogens is 4. The van der Waals surface area contributed by atoms with Crippen LogP contribution < -0.4 is 20.9 Å². The Kier molecular flexibility index (Phi) is 11.1. The fourth-order valence-corrected chi connectivity index (χ4v) is 8.83. The minimum Gasteiger partial charge on any atom is -0.444 e. The van der Waals surface area contributed by atoms with Crippen LogP contribution in [0.4, 0.5) is 34.8 Å². The van der Waals surface area contributed by atoms with Gasteiger partial charge in [0.25, 0.3) is 12.3 Å². The summed E-state index contributed by atoms with van der Waals surface area (Å²) in [5, 5.41) is 12.1. The van der Waals surface area contributed by atoms with E-state index in [1.54, 1.807) is 28.1 Å². The molecule has 2 saturated carbocycles. The lowest BCUT2D eigenvalue weighted by Gasteiger charge is -2.45. The number of carbonyl (C=O) groups excluding carboxylic acids is 5. The molecule has 6 heterocycles. The first-order valence-electron chi connectivity index (χ1n) is 20.9.